The minimum atomic E-state index is -4.32. The fourth-order valence-corrected chi connectivity index (χ4v) is 6.71. The van der Waals surface area contributed by atoms with Crippen molar-refractivity contribution < 1.29 is 27.6 Å². The van der Waals surface area contributed by atoms with Crippen LogP contribution in [-0.2, 0) is 23.1 Å². The number of rotatable bonds is 22. The van der Waals surface area contributed by atoms with Crippen molar-refractivity contribution in [2.75, 3.05) is 19.8 Å². The molecule has 1 aliphatic heterocycles. The smallest absolute Gasteiger partial charge is 0.402 e. The number of aromatic nitrogens is 2. The lowest BCUT2D eigenvalue weighted by Gasteiger charge is -2.24. The molecule has 256 valence electrons. The van der Waals surface area contributed by atoms with Gasteiger partial charge in [0.25, 0.3) is 5.56 Å². The van der Waals surface area contributed by atoms with Gasteiger partial charge in [-0.25, -0.2) is 9.36 Å². The van der Waals surface area contributed by atoms with Gasteiger partial charge >= 0.3 is 13.5 Å². The van der Waals surface area contributed by atoms with E-state index in [1.54, 1.807) is 32.0 Å². The molecule has 1 aliphatic rings. The number of phosphoric ester groups is 1. The van der Waals surface area contributed by atoms with Crippen molar-refractivity contribution in [2.24, 2.45) is 5.11 Å². The van der Waals surface area contributed by atoms with Gasteiger partial charge in [-0.05, 0) is 37.9 Å². The Balaban J connectivity index is 1.55. The standard InChI is InChI=1S/C31H47ClN5O8P/c1-4-5-6-7-8-9-10-11-12-15-18-41-21-24(3)44-46(40,45-27-17-14-13-16-25(27)32)42-22-28-26(35-36-33)19-29(43-28)37-20-23(2)30(38)34-31(37)39/h13-14,16-17,20,24,26,28-29H,4-12,15,18-19,21-22H2,1-3H3,(H,34,38,39)/t24-,26+,28-,29-,46?/m1/s1. The summed E-state index contributed by atoms with van der Waals surface area (Å²) >= 11 is 6.26. The first-order valence-electron chi connectivity index (χ1n) is 16.1. The maximum Gasteiger partial charge on any atom is 0.530 e. The van der Waals surface area contributed by atoms with Crippen LogP contribution >= 0.6 is 19.4 Å². The van der Waals surface area contributed by atoms with Crippen molar-refractivity contribution in [3.63, 3.8) is 0 Å². The largest absolute Gasteiger partial charge is 0.530 e. The Labute approximate surface area is 275 Å². The summed E-state index contributed by atoms with van der Waals surface area (Å²) in [5, 5.41) is 3.99. The molecule has 1 aromatic heterocycles. The zero-order chi connectivity index (χ0) is 33.4. The summed E-state index contributed by atoms with van der Waals surface area (Å²) in [6.45, 7) is 5.83. The number of halogens is 1. The fraction of sp³-hybridized carbons (Fsp3) is 0.677. The molecule has 0 bridgehead atoms. The molecule has 3 rings (SSSR count). The second-order valence-corrected chi connectivity index (χ2v) is 13.5. The molecule has 0 spiro atoms. The quantitative estimate of drug-likeness (QED) is 0.0428. The van der Waals surface area contributed by atoms with Crippen LogP contribution in [0.3, 0.4) is 0 Å². The van der Waals surface area contributed by atoms with Crippen molar-refractivity contribution in [3.8, 4) is 5.75 Å². The van der Waals surface area contributed by atoms with Crippen LogP contribution in [0, 0.1) is 6.92 Å². The van der Waals surface area contributed by atoms with E-state index in [0.29, 0.717) is 12.2 Å². The van der Waals surface area contributed by atoms with Gasteiger partial charge in [0.2, 0.25) is 0 Å². The van der Waals surface area contributed by atoms with Gasteiger partial charge in [0.05, 0.1) is 36.5 Å². The number of aromatic amines is 1. The molecule has 13 nitrogen and oxygen atoms in total. The van der Waals surface area contributed by atoms with Gasteiger partial charge in [-0.15, -0.1) is 0 Å². The summed E-state index contributed by atoms with van der Waals surface area (Å²) in [6.07, 6.45) is 11.3. The molecule has 0 aliphatic carbocycles. The Kier molecular flexibility index (Phi) is 16.4. The molecule has 46 heavy (non-hydrogen) atoms. The average molecular weight is 684 g/mol. The summed E-state index contributed by atoms with van der Waals surface area (Å²) in [6, 6.07) is 5.70. The Hall–Kier alpha value is -2.63. The van der Waals surface area contributed by atoms with E-state index in [4.69, 9.17) is 40.2 Å². The van der Waals surface area contributed by atoms with Gasteiger partial charge in [0, 0.05) is 29.7 Å². The van der Waals surface area contributed by atoms with Gasteiger partial charge < -0.3 is 14.0 Å². The number of benzene rings is 1. The van der Waals surface area contributed by atoms with Gasteiger partial charge in [-0.3, -0.25) is 23.4 Å². The van der Waals surface area contributed by atoms with Crippen molar-refractivity contribution in [1.29, 1.82) is 0 Å². The number of phosphoric acid groups is 1. The van der Waals surface area contributed by atoms with Crippen molar-refractivity contribution in [2.45, 2.75) is 116 Å². The zero-order valence-electron chi connectivity index (χ0n) is 27.0. The first-order valence-corrected chi connectivity index (χ1v) is 18.0. The number of hydrogen-bond donors (Lipinski definition) is 1. The predicted molar refractivity (Wildman–Crippen MR) is 176 cm³/mol. The van der Waals surface area contributed by atoms with E-state index in [-0.39, 0.29) is 30.4 Å². The number of para-hydroxylation sites is 1. The highest BCUT2D eigenvalue weighted by atomic mass is 35.5. The molecule has 1 fully saturated rings. The fourth-order valence-electron chi connectivity index (χ4n) is 5.10. The molecular weight excluding hydrogens is 637 g/mol. The van der Waals surface area contributed by atoms with Gasteiger partial charge in [-0.1, -0.05) is 93.6 Å². The van der Waals surface area contributed by atoms with E-state index in [2.05, 4.69) is 21.9 Å². The minimum Gasteiger partial charge on any atom is -0.402 e. The second kappa shape index (κ2) is 19.9. The summed E-state index contributed by atoms with van der Waals surface area (Å²) in [4.78, 5) is 29.4. The Morgan fingerprint density at radius 3 is 2.48 bits per heavy atom. The van der Waals surface area contributed by atoms with E-state index in [9.17, 15) is 14.2 Å². The lowest BCUT2D eigenvalue weighted by molar-refractivity contribution is -0.0318. The molecule has 1 unspecified atom stereocenters. The number of nitrogens with one attached hydrogen (secondary N) is 1. The third-order valence-electron chi connectivity index (χ3n) is 7.61. The van der Waals surface area contributed by atoms with Crippen LogP contribution in [0.15, 0.2) is 45.2 Å². The van der Waals surface area contributed by atoms with Crippen LogP contribution in [0.2, 0.25) is 5.02 Å². The van der Waals surface area contributed by atoms with E-state index in [0.717, 1.165) is 12.8 Å². The molecule has 15 heteroatoms. The van der Waals surface area contributed by atoms with Gasteiger partial charge in [0.15, 0.2) is 0 Å². The number of azide groups is 1. The summed E-state index contributed by atoms with van der Waals surface area (Å²) in [5.41, 5.74) is 8.25. The summed E-state index contributed by atoms with van der Waals surface area (Å²) in [7, 11) is -4.32. The van der Waals surface area contributed by atoms with Crippen LogP contribution in [0.25, 0.3) is 10.4 Å². The topological polar surface area (TPSA) is 167 Å². The molecule has 0 saturated carbocycles. The third-order valence-corrected chi connectivity index (χ3v) is 9.42. The zero-order valence-corrected chi connectivity index (χ0v) is 28.6. The van der Waals surface area contributed by atoms with Gasteiger partial charge in [0.1, 0.15) is 12.0 Å². The molecule has 2 aromatic rings. The van der Waals surface area contributed by atoms with E-state index < -0.39 is 43.5 Å². The number of ether oxygens (including phenoxy) is 2. The highest BCUT2D eigenvalue weighted by molar-refractivity contribution is 7.49. The predicted octanol–water partition coefficient (Wildman–Crippen LogP) is 8.01. The molecule has 2 heterocycles. The number of hydrogen-bond acceptors (Lipinski definition) is 9. The Morgan fingerprint density at radius 2 is 1.80 bits per heavy atom. The normalized spacial score (nSPS) is 19.8. The van der Waals surface area contributed by atoms with E-state index in [1.807, 2.05) is 0 Å². The number of H-pyrrole nitrogens is 1. The van der Waals surface area contributed by atoms with Crippen LogP contribution in [-0.4, -0.2) is 47.6 Å². The Morgan fingerprint density at radius 1 is 1.13 bits per heavy atom. The van der Waals surface area contributed by atoms with Crippen molar-refractivity contribution in [1.82, 2.24) is 9.55 Å². The third kappa shape index (κ3) is 12.5. The molecule has 5 atom stereocenters. The molecular formula is C31H47ClN5O8P. The van der Waals surface area contributed by atoms with Crippen LogP contribution in [0.5, 0.6) is 5.75 Å². The number of nitrogens with zero attached hydrogens (tertiary/aromatic N) is 4. The summed E-state index contributed by atoms with van der Waals surface area (Å²) < 4.78 is 44.1. The second-order valence-electron chi connectivity index (χ2n) is 11.6. The first kappa shape index (κ1) is 37.8. The molecule has 1 aromatic carbocycles. The first-order chi connectivity index (χ1) is 22.2. The molecule has 1 N–H and O–H groups in total. The lowest BCUT2D eigenvalue weighted by atomic mass is 10.1. The van der Waals surface area contributed by atoms with Crippen molar-refractivity contribution in [3.05, 3.63) is 72.3 Å². The minimum absolute atomic E-state index is 0.0954. The molecule has 1 saturated heterocycles. The van der Waals surface area contributed by atoms with Crippen molar-refractivity contribution >= 4 is 19.4 Å². The van der Waals surface area contributed by atoms with E-state index in [1.165, 1.54) is 68.2 Å². The highest BCUT2D eigenvalue weighted by Gasteiger charge is 2.40. The van der Waals surface area contributed by atoms with Crippen LogP contribution < -0.4 is 15.8 Å². The van der Waals surface area contributed by atoms with E-state index >= 15 is 0 Å². The maximum absolute atomic E-state index is 13.9. The Bertz CT molecular complexity index is 1430. The van der Waals surface area contributed by atoms with Crippen LogP contribution in [0.4, 0.5) is 0 Å². The number of aryl methyl sites for hydroxylation is 1. The maximum atomic E-state index is 13.9. The number of unbranched alkanes of at least 4 members (excludes halogenated alkanes) is 9. The average Bonchev–Trinajstić information content (AvgIpc) is 3.42. The van der Waals surface area contributed by atoms with Gasteiger partial charge in [-0.2, -0.15) is 0 Å². The SMILES string of the molecule is CCCCCCCCCCCCOC[C@@H](C)OP(=O)(OC[C@H]1O[C@@H](n2cc(C)c(=O)[nH]c2=O)C[C@@H]1N=[N+]=[N-])Oc1ccccc1Cl. The summed E-state index contributed by atoms with van der Waals surface area (Å²) in [5.74, 6) is 0.0954. The highest BCUT2D eigenvalue weighted by Crippen LogP contribution is 2.52. The molecule has 0 radical (unpaired) electrons. The molecule has 0 amide bonds. The lowest BCUT2D eigenvalue weighted by Crippen LogP contribution is -2.33. The van der Waals surface area contributed by atoms with Crippen LogP contribution in [0.1, 0.15) is 96.3 Å². The monoisotopic (exact) mass is 683 g/mol.